The zero-order chi connectivity index (χ0) is 23.2. The maximum absolute atomic E-state index is 13.6. The second kappa shape index (κ2) is 8.67. The summed E-state index contributed by atoms with van der Waals surface area (Å²) in [5.41, 5.74) is 3.60. The summed E-state index contributed by atoms with van der Waals surface area (Å²) in [7, 11) is 0. The molecule has 8 heteroatoms. The molecule has 5 rings (SSSR count). The van der Waals surface area contributed by atoms with E-state index in [-0.39, 0.29) is 31.8 Å². The Kier molecular flexibility index (Phi) is 5.99. The van der Waals surface area contributed by atoms with Crippen LogP contribution in [0.5, 0.6) is 0 Å². The number of halogens is 3. The van der Waals surface area contributed by atoms with Gasteiger partial charge in [0, 0.05) is 60.0 Å². The molecule has 0 unspecified atom stereocenters. The number of anilines is 3. The largest absolute Gasteiger partial charge is 0.371 e. The van der Waals surface area contributed by atoms with Crippen LogP contribution in [0.25, 0.3) is 0 Å². The Morgan fingerprint density at radius 1 is 0.970 bits per heavy atom. The molecule has 2 aromatic rings. The number of alkyl halides is 2. The fourth-order valence-electron chi connectivity index (χ4n) is 5.00. The quantitative estimate of drug-likeness (QED) is 0.471. The van der Waals surface area contributed by atoms with E-state index >= 15 is 0 Å². The molecule has 0 bridgehead atoms. The van der Waals surface area contributed by atoms with Crippen LogP contribution < -0.4 is 15.1 Å². The minimum absolute atomic E-state index is 0.158. The predicted octanol–water partition coefficient (Wildman–Crippen LogP) is 5.86. The smallest absolute Gasteiger partial charge is 0.257 e. The van der Waals surface area contributed by atoms with E-state index in [1.54, 1.807) is 6.07 Å². The highest BCUT2D eigenvalue weighted by Gasteiger charge is 2.44. The van der Waals surface area contributed by atoms with E-state index in [0.29, 0.717) is 22.5 Å². The lowest BCUT2D eigenvalue weighted by Crippen LogP contribution is -2.39. The lowest BCUT2D eigenvalue weighted by atomic mass is 9.93. The standard InChI is InChI=1S/C25H29F2IN4O/c1-17-14-19(16-22(29-17)32-12-8-25(26,27)9-13-32)30-23(33)20-3-2-18(28)15-21(20)31-10-6-24(4-5-24)7-11-31/h2-3,14-16H,4-13H2,1H3,(H,29,30,33). The molecule has 2 saturated heterocycles. The summed E-state index contributed by atoms with van der Waals surface area (Å²) in [4.78, 5) is 22.1. The molecule has 5 nitrogen and oxygen atoms in total. The van der Waals surface area contributed by atoms with E-state index in [9.17, 15) is 13.6 Å². The molecule has 3 aliphatic rings. The fraction of sp³-hybridized carbons (Fsp3) is 0.520. The Balaban J connectivity index is 1.34. The van der Waals surface area contributed by atoms with Gasteiger partial charge in [0.05, 0.1) is 11.3 Å². The SMILES string of the molecule is Cc1cc(NC(=O)c2ccc(I)cc2N2CCC3(CC2)CC3)cc(N2CCC(F)(F)CC2)n1. The number of nitrogens with zero attached hydrogens (tertiary/aromatic N) is 3. The number of aromatic nitrogens is 1. The number of benzene rings is 1. The minimum atomic E-state index is -2.60. The second-order valence-electron chi connectivity index (χ2n) is 9.80. The summed E-state index contributed by atoms with van der Waals surface area (Å²) in [6.07, 6.45) is 4.74. The summed E-state index contributed by atoms with van der Waals surface area (Å²) in [5.74, 6) is -2.13. The highest BCUT2D eigenvalue weighted by molar-refractivity contribution is 14.1. The first kappa shape index (κ1) is 22.8. The normalized spacial score (nSPS) is 21.2. The summed E-state index contributed by atoms with van der Waals surface area (Å²) in [6, 6.07) is 9.57. The van der Waals surface area contributed by atoms with Crippen molar-refractivity contribution in [2.45, 2.75) is 51.4 Å². The number of hydrogen-bond acceptors (Lipinski definition) is 4. The zero-order valence-corrected chi connectivity index (χ0v) is 21.0. The molecule has 176 valence electrons. The van der Waals surface area contributed by atoms with Gasteiger partial charge in [0.1, 0.15) is 5.82 Å². The number of aryl methyl sites for hydroxylation is 1. The zero-order valence-electron chi connectivity index (χ0n) is 18.8. The first-order valence-electron chi connectivity index (χ1n) is 11.7. The van der Waals surface area contributed by atoms with E-state index in [1.807, 2.05) is 30.0 Å². The van der Waals surface area contributed by atoms with E-state index in [2.05, 4.69) is 43.9 Å². The van der Waals surface area contributed by atoms with Gasteiger partial charge >= 0.3 is 0 Å². The Labute approximate surface area is 207 Å². The van der Waals surface area contributed by atoms with Gasteiger partial charge in [0.15, 0.2) is 0 Å². The fourth-order valence-corrected chi connectivity index (χ4v) is 5.48. The van der Waals surface area contributed by atoms with E-state index in [1.165, 1.54) is 25.7 Å². The molecule has 0 radical (unpaired) electrons. The van der Waals surface area contributed by atoms with Crippen molar-refractivity contribution in [2.24, 2.45) is 5.41 Å². The summed E-state index contributed by atoms with van der Waals surface area (Å²) in [5, 5.41) is 3.04. The van der Waals surface area contributed by atoms with Gasteiger partial charge in [-0.3, -0.25) is 4.79 Å². The average molecular weight is 566 g/mol. The monoisotopic (exact) mass is 566 g/mol. The minimum Gasteiger partial charge on any atom is -0.371 e. The molecule has 1 aromatic heterocycles. The Bertz CT molecular complexity index is 1050. The summed E-state index contributed by atoms with van der Waals surface area (Å²) < 4.78 is 28.2. The predicted molar refractivity (Wildman–Crippen MR) is 136 cm³/mol. The molecule has 3 fully saturated rings. The third-order valence-corrected chi connectivity index (χ3v) is 8.01. The van der Waals surface area contributed by atoms with Gasteiger partial charge in [0.25, 0.3) is 11.8 Å². The maximum atomic E-state index is 13.6. The van der Waals surface area contributed by atoms with Crippen molar-refractivity contribution in [2.75, 3.05) is 41.3 Å². The number of rotatable bonds is 4. The van der Waals surface area contributed by atoms with Crippen LogP contribution in [-0.2, 0) is 0 Å². The van der Waals surface area contributed by atoms with E-state index in [0.717, 1.165) is 28.0 Å². The van der Waals surface area contributed by atoms with Gasteiger partial charge in [-0.05, 0) is 84.9 Å². The number of amides is 1. The van der Waals surface area contributed by atoms with Crippen LogP contribution in [0, 0.1) is 15.9 Å². The van der Waals surface area contributed by atoms with Crippen LogP contribution in [0.2, 0.25) is 0 Å². The maximum Gasteiger partial charge on any atom is 0.257 e. The summed E-state index contributed by atoms with van der Waals surface area (Å²) >= 11 is 2.29. The van der Waals surface area contributed by atoms with Gasteiger partial charge < -0.3 is 15.1 Å². The third kappa shape index (κ3) is 5.10. The highest BCUT2D eigenvalue weighted by atomic mass is 127. The topological polar surface area (TPSA) is 48.5 Å². The number of piperidine rings is 2. The van der Waals surface area contributed by atoms with Crippen LogP contribution in [0.1, 0.15) is 54.6 Å². The Morgan fingerprint density at radius 3 is 2.30 bits per heavy atom. The number of hydrogen-bond donors (Lipinski definition) is 1. The number of nitrogens with one attached hydrogen (secondary N) is 1. The van der Waals surface area contributed by atoms with Gasteiger partial charge in [-0.1, -0.05) is 0 Å². The van der Waals surface area contributed by atoms with Crippen molar-refractivity contribution < 1.29 is 13.6 Å². The molecule has 1 aromatic carbocycles. The molecule has 2 aliphatic heterocycles. The number of carbonyl (C=O) groups is 1. The molecule has 1 saturated carbocycles. The van der Waals surface area contributed by atoms with Crippen LogP contribution in [0.15, 0.2) is 30.3 Å². The average Bonchev–Trinajstić information content (AvgIpc) is 3.52. The first-order chi connectivity index (χ1) is 15.7. The Hall–Kier alpha value is -1.97. The summed E-state index contributed by atoms with van der Waals surface area (Å²) in [6.45, 7) is 4.34. The molecule has 1 spiro atoms. The van der Waals surface area contributed by atoms with Crippen LogP contribution in [0.4, 0.5) is 26.0 Å². The molecular formula is C25H29F2IN4O. The van der Waals surface area contributed by atoms with Crippen molar-refractivity contribution in [3.8, 4) is 0 Å². The highest BCUT2D eigenvalue weighted by Crippen LogP contribution is 2.54. The van der Waals surface area contributed by atoms with Gasteiger partial charge in [-0.15, -0.1) is 0 Å². The van der Waals surface area contributed by atoms with Crippen molar-refractivity contribution in [3.63, 3.8) is 0 Å². The third-order valence-electron chi connectivity index (χ3n) is 7.34. The lowest BCUT2D eigenvalue weighted by molar-refractivity contribution is -0.0221. The first-order valence-corrected chi connectivity index (χ1v) is 12.8. The Morgan fingerprint density at radius 2 is 1.64 bits per heavy atom. The number of pyridine rings is 1. The van der Waals surface area contributed by atoms with Crippen molar-refractivity contribution in [1.82, 2.24) is 4.98 Å². The molecule has 1 N–H and O–H groups in total. The van der Waals surface area contributed by atoms with E-state index in [4.69, 9.17) is 0 Å². The number of carbonyl (C=O) groups excluding carboxylic acids is 1. The van der Waals surface area contributed by atoms with Crippen LogP contribution >= 0.6 is 22.6 Å². The molecule has 1 amide bonds. The molecule has 3 heterocycles. The lowest BCUT2D eigenvalue weighted by Gasteiger charge is -2.35. The van der Waals surface area contributed by atoms with Crippen molar-refractivity contribution in [3.05, 3.63) is 45.2 Å². The van der Waals surface area contributed by atoms with Crippen LogP contribution in [-0.4, -0.2) is 43.0 Å². The van der Waals surface area contributed by atoms with Crippen molar-refractivity contribution >= 4 is 45.7 Å². The van der Waals surface area contributed by atoms with Crippen molar-refractivity contribution in [1.29, 1.82) is 0 Å². The van der Waals surface area contributed by atoms with Crippen LogP contribution in [0.3, 0.4) is 0 Å². The molecule has 1 aliphatic carbocycles. The molecular weight excluding hydrogens is 537 g/mol. The molecule has 33 heavy (non-hydrogen) atoms. The van der Waals surface area contributed by atoms with Gasteiger partial charge in [0.2, 0.25) is 0 Å². The van der Waals surface area contributed by atoms with Gasteiger partial charge in [-0.25, -0.2) is 13.8 Å². The second-order valence-corrected chi connectivity index (χ2v) is 11.0. The molecule has 0 atom stereocenters. The van der Waals surface area contributed by atoms with Gasteiger partial charge in [-0.2, -0.15) is 0 Å². The van der Waals surface area contributed by atoms with E-state index < -0.39 is 5.92 Å².